The zero-order valence-corrected chi connectivity index (χ0v) is 35.5. The number of aromatic hydroxyl groups is 2. The number of carbonyl (C=O) groups excluding carboxylic acids is 2. The number of carbonyl (C=O) groups is 2. The number of allylic oxidation sites excluding steroid dienone is 2. The van der Waals surface area contributed by atoms with Crippen LogP contribution in [0.2, 0.25) is 0 Å². The number of rotatable bonds is 8. The number of Topliss-reactive ketones (excluding diaryl/α,β-unsaturated/α-hetero) is 2. The lowest BCUT2D eigenvalue weighted by Gasteiger charge is -2.68. The molecule has 1 saturated heterocycles. The fourth-order valence-corrected chi connectivity index (χ4v) is 15.8. The molecule has 0 aromatic heterocycles. The molecule has 57 heavy (non-hydrogen) atoms. The van der Waals surface area contributed by atoms with Crippen LogP contribution in [0, 0.1) is 51.2 Å². The molecule has 308 valence electrons. The maximum absolute atomic E-state index is 14.9. The molecular formula is C51H68O6. The van der Waals surface area contributed by atoms with Crippen LogP contribution < -0.4 is 0 Å². The van der Waals surface area contributed by atoms with Gasteiger partial charge < -0.3 is 20.1 Å². The van der Waals surface area contributed by atoms with Gasteiger partial charge in [-0.25, -0.2) is 0 Å². The number of aliphatic hydroxyl groups excluding tert-OH is 1. The normalized spacial score (nSPS) is 41.3. The third-order valence-corrected chi connectivity index (χ3v) is 18.7. The van der Waals surface area contributed by atoms with Gasteiger partial charge in [0.2, 0.25) is 0 Å². The summed E-state index contributed by atoms with van der Waals surface area (Å²) in [6.45, 7) is 14.0. The summed E-state index contributed by atoms with van der Waals surface area (Å²) >= 11 is 0. The molecule has 1 heterocycles. The van der Waals surface area contributed by atoms with Crippen LogP contribution in [0.25, 0.3) is 0 Å². The summed E-state index contributed by atoms with van der Waals surface area (Å²) in [4.78, 5) is 29.2. The van der Waals surface area contributed by atoms with Gasteiger partial charge in [-0.05, 0) is 158 Å². The summed E-state index contributed by atoms with van der Waals surface area (Å²) in [7, 11) is 0. The molecule has 3 N–H and O–H groups in total. The fraction of sp³-hybridized carbons (Fsp3) is 0.686. The molecular weight excluding hydrogens is 709 g/mol. The number of hydrogen-bond donors (Lipinski definition) is 3. The Morgan fingerprint density at radius 2 is 1.47 bits per heavy atom. The van der Waals surface area contributed by atoms with E-state index >= 15 is 0 Å². The molecule has 9 rings (SSSR count). The summed E-state index contributed by atoms with van der Waals surface area (Å²) in [6.07, 6.45) is 14.0. The first-order valence-corrected chi connectivity index (χ1v) is 22.8. The molecule has 2 aromatic rings. The lowest BCUT2D eigenvalue weighted by atomic mass is 9.35. The molecule has 0 spiro atoms. The van der Waals surface area contributed by atoms with Crippen LogP contribution in [0.1, 0.15) is 161 Å². The molecule has 12 atom stereocenters. The Hall–Kier alpha value is -2.96. The Morgan fingerprint density at radius 1 is 0.789 bits per heavy atom. The van der Waals surface area contributed by atoms with Crippen LogP contribution in [0.4, 0.5) is 0 Å². The van der Waals surface area contributed by atoms with E-state index in [4.69, 9.17) is 4.74 Å². The summed E-state index contributed by atoms with van der Waals surface area (Å²) < 4.78 is 6.60. The van der Waals surface area contributed by atoms with Gasteiger partial charge in [0.15, 0.2) is 5.78 Å². The van der Waals surface area contributed by atoms with Crippen LogP contribution in [-0.4, -0.2) is 44.7 Å². The highest BCUT2D eigenvalue weighted by atomic mass is 16.6. The third kappa shape index (κ3) is 5.98. The molecule has 6 nitrogen and oxygen atoms in total. The number of hydrogen-bond acceptors (Lipinski definition) is 6. The minimum atomic E-state index is -0.641. The van der Waals surface area contributed by atoms with Crippen molar-refractivity contribution < 1.29 is 29.6 Å². The maximum Gasteiger partial charge on any atom is 0.160 e. The van der Waals surface area contributed by atoms with E-state index in [0.29, 0.717) is 47.9 Å². The molecule has 7 aliphatic rings. The molecule has 6 aliphatic carbocycles. The summed E-state index contributed by atoms with van der Waals surface area (Å²) in [5.74, 6) is 2.51. The molecule has 0 unspecified atom stereocenters. The van der Waals surface area contributed by atoms with Crippen LogP contribution >= 0.6 is 0 Å². The average Bonchev–Trinajstić information content (AvgIpc) is 3.48. The number of ether oxygens (including phenoxy) is 1. The van der Waals surface area contributed by atoms with Gasteiger partial charge >= 0.3 is 0 Å². The second kappa shape index (κ2) is 13.8. The van der Waals surface area contributed by atoms with Crippen LogP contribution in [0.3, 0.4) is 0 Å². The van der Waals surface area contributed by atoms with Gasteiger partial charge in [-0.3, -0.25) is 9.59 Å². The summed E-state index contributed by atoms with van der Waals surface area (Å²) in [6, 6.07) is 15.1. The number of phenols is 2. The lowest BCUT2D eigenvalue weighted by Crippen LogP contribution is -2.63. The highest BCUT2D eigenvalue weighted by Crippen LogP contribution is 2.75. The van der Waals surface area contributed by atoms with Crippen molar-refractivity contribution in [2.45, 2.75) is 167 Å². The largest absolute Gasteiger partial charge is 0.508 e. The van der Waals surface area contributed by atoms with Gasteiger partial charge in [-0.1, -0.05) is 90.1 Å². The van der Waals surface area contributed by atoms with Crippen molar-refractivity contribution >= 4 is 11.6 Å². The highest BCUT2D eigenvalue weighted by molar-refractivity contribution is 6.01. The van der Waals surface area contributed by atoms with Gasteiger partial charge in [-0.2, -0.15) is 0 Å². The highest BCUT2D eigenvalue weighted by Gasteiger charge is 2.69. The Morgan fingerprint density at radius 3 is 2.18 bits per heavy atom. The smallest absolute Gasteiger partial charge is 0.160 e. The quantitative estimate of drug-likeness (QED) is 0.231. The van der Waals surface area contributed by atoms with E-state index in [1.807, 2.05) is 24.3 Å². The Bertz CT molecular complexity index is 1960. The number of phenolic OH excluding ortho intramolecular Hbond substituents is 2. The molecule has 5 saturated carbocycles. The van der Waals surface area contributed by atoms with Crippen molar-refractivity contribution in [2.24, 2.45) is 51.2 Å². The zero-order valence-electron chi connectivity index (χ0n) is 35.5. The van der Waals surface area contributed by atoms with Crippen LogP contribution in [0.5, 0.6) is 11.5 Å². The fourth-order valence-electron chi connectivity index (χ4n) is 15.8. The third-order valence-electron chi connectivity index (χ3n) is 18.7. The number of epoxide rings is 1. The van der Waals surface area contributed by atoms with E-state index in [0.717, 1.165) is 80.9 Å². The molecule has 0 bridgehead atoms. The number of fused-ring (bicyclic) bond motifs is 5. The number of ketones is 2. The van der Waals surface area contributed by atoms with Crippen molar-refractivity contribution in [1.29, 1.82) is 0 Å². The minimum Gasteiger partial charge on any atom is -0.508 e. The summed E-state index contributed by atoms with van der Waals surface area (Å²) in [5.41, 5.74) is 3.21. The lowest BCUT2D eigenvalue weighted by molar-refractivity contribution is -0.183. The van der Waals surface area contributed by atoms with Gasteiger partial charge in [0.05, 0.1) is 11.7 Å². The first-order chi connectivity index (χ1) is 27.0. The number of benzene rings is 2. The predicted octanol–water partition coefficient (Wildman–Crippen LogP) is 11.0. The first-order valence-electron chi connectivity index (χ1n) is 22.8. The van der Waals surface area contributed by atoms with Crippen LogP contribution in [-0.2, 0) is 14.3 Å². The number of aliphatic hydroxyl groups is 1. The average molecular weight is 777 g/mol. The van der Waals surface area contributed by atoms with Gasteiger partial charge in [0, 0.05) is 23.2 Å². The van der Waals surface area contributed by atoms with E-state index in [2.05, 4.69) is 47.6 Å². The molecule has 2 aromatic carbocycles. The minimum absolute atomic E-state index is 0.0389. The second-order valence-electron chi connectivity index (χ2n) is 21.6. The molecule has 0 amide bonds. The van der Waals surface area contributed by atoms with Gasteiger partial charge in [0.25, 0.3) is 0 Å². The van der Waals surface area contributed by atoms with Crippen molar-refractivity contribution in [3.63, 3.8) is 0 Å². The van der Waals surface area contributed by atoms with Crippen molar-refractivity contribution in [2.75, 3.05) is 0 Å². The van der Waals surface area contributed by atoms with E-state index < -0.39 is 17.1 Å². The molecule has 1 aliphatic heterocycles. The van der Waals surface area contributed by atoms with E-state index in [-0.39, 0.29) is 51.8 Å². The van der Waals surface area contributed by atoms with E-state index in [1.54, 1.807) is 18.2 Å². The molecule has 6 fully saturated rings. The van der Waals surface area contributed by atoms with Crippen molar-refractivity contribution in [3.8, 4) is 11.5 Å². The standard InChI is InChI=1S/C51H68O6/c1-47(2)42-23-24-49(4)43(48(42,3)28-37(45(47)56)32-16-11-18-34(53)26-32)22-21-39-44(41(55)29-50(39,49)5)36(30-13-8-7-9-14-30)27-40(54)46-51(6,57-46)38-20-12-19-35(38)31-15-10-17-33(52)25-31/h10-11,15-18,25-26,30,35-38,40,42-43,46,52-54H,7-9,12-14,19-24,27-29H2,1-6H3/t35-,36+,37+,38+,40-,42+,43-,46-,48-,49+,50+,51-/m1/s1. The Kier molecular flexibility index (Phi) is 9.56. The molecule has 0 radical (unpaired) electrons. The Balaban J connectivity index is 1.02. The molecule has 6 heteroatoms. The topological polar surface area (TPSA) is 107 Å². The second-order valence-corrected chi connectivity index (χ2v) is 21.6. The summed E-state index contributed by atoms with van der Waals surface area (Å²) in [5, 5.41) is 33.0. The maximum atomic E-state index is 14.9. The van der Waals surface area contributed by atoms with Crippen molar-refractivity contribution in [1.82, 2.24) is 0 Å². The monoisotopic (exact) mass is 777 g/mol. The van der Waals surface area contributed by atoms with Crippen LogP contribution in [0.15, 0.2) is 59.7 Å². The zero-order chi connectivity index (χ0) is 40.3. The van der Waals surface area contributed by atoms with Gasteiger partial charge in [0.1, 0.15) is 23.4 Å². The van der Waals surface area contributed by atoms with Crippen molar-refractivity contribution in [3.05, 3.63) is 70.8 Å². The SMILES string of the molecule is CC1(C)C(=O)[C@H](c2cccc(O)c2)C[C@@]2(C)[C@H]3CCC4=C([C@@H](C[C@@H](O)[C@H]5O[C@]5(C)[C@H]5CCC[C@@H]5c5cccc(O)c5)C5CCCCC5)C(=O)C[C@]4(C)[C@@]3(C)CC[C@@H]12. The van der Waals surface area contributed by atoms with E-state index in [1.165, 1.54) is 24.8 Å². The van der Waals surface area contributed by atoms with E-state index in [9.17, 15) is 24.9 Å². The predicted molar refractivity (Wildman–Crippen MR) is 223 cm³/mol. The van der Waals surface area contributed by atoms with Gasteiger partial charge in [-0.15, -0.1) is 0 Å². The first kappa shape index (κ1) is 39.5. The Labute approximate surface area is 341 Å².